The Morgan fingerprint density at radius 3 is 2.15 bits per heavy atom. The minimum absolute atomic E-state index is 0. The fourth-order valence-electron chi connectivity index (χ4n) is 5.68. The van der Waals surface area contributed by atoms with Crippen molar-refractivity contribution in [1.82, 2.24) is 9.97 Å². The van der Waals surface area contributed by atoms with Crippen LogP contribution in [0.1, 0.15) is 0 Å². The Balaban J connectivity index is 0.000000183. The largest absolute Gasteiger partial charge is 0.501 e. The monoisotopic (exact) mass is 865 g/mol. The van der Waals surface area contributed by atoms with Gasteiger partial charge in [0.2, 0.25) is 0 Å². The summed E-state index contributed by atoms with van der Waals surface area (Å²) >= 11 is -1.76. The Morgan fingerprint density at radius 2 is 1.40 bits per heavy atom. The molecule has 0 N–H and O–H groups in total. The van der Waals surface area contributed by atoms with Gasteiger partial charge in [-0.1, -0.05) is 83.7 Å². The van der Waals surface area contributed by atoms with Gasteiger partial charge in [-0.05, 0) is 33.7 Å². The quantitative estimate of drug-likeness (QED) is 0.128. The number of methoxy groups -OCH3 is 1. The molecule has 8 rings (SSSR count). The van der Waals surface area contributed by atoms with Crippen LogP contribution in [0.5, 0.6) is 5.75 Å². The molecule has 48 heavy (non-hydrogen) atoms. The third kappa shape index (κ3) is 7.00. The molecule has 0 aliphatic carbocycles. The van der Waals surface area contributed by atoms with Crippen LogP contribution in [0.25, 0.3) is 66.4 Å². The number of furan rings is 1. The van der Waals surface area contributed by atoms with Crippen LogP contribution >= 0.6 is 0 Å². The van der Waals surface area contributed by atoms with Gasteiger partial charge in [0.1, 0.15) is 5.58 Å². The molecule has 0 amide bonds. The first-order valence-electron chi connectivity index (χ1n) is 15.7. The van der Waals surface area contributed by atoms with Gasteiger partial charge < -0.3 is 9.40 Å². The number of hydrogen-bond donors (Lipinski definition) is 0. The Kier molecular flexibility index (Phi) is 9.93. The van der Waals surface area contributed by atoms with Gasteiger partial charge in [-0.2, -0.15) is 0 Å². The first-order valence-corrected chi connectivity index (χ1v) is 23.0. The van der Waals surface area contributed by atoms with E-state index in [0.29, 0.717) is 0 Å². The smallest absolute Gasteiger partial charge is 0.121 e. The molecule has 0 aliphatic heterocycles. The first-order chi connectivity index (χ1) is 22.9. The van der Waals surface area contributed by atoms with Crippen molar-refractivity contribution < 1.29 is 29.3 Å². The average Bonchev–Trinajstić information content (AvgIpc) is 3.50. The van der Waals surface area contributed by atoms with E-state index in [1.807, 2.05) is 54.9 Å². The van der Waals surface area contributed by atoms with Crippen LogP contribution < -0.4 is 9.13 Å². The summed E-state index contributed by atoms with van der Waals surface area (Å²) in [6.07, 6.45) is 3.93. The first kappa shape index (κ1) is 33.4. The summed E-state index contributed by atoms with van der Waals surface area (Å²) in [7, 11) is 1.67. The van der Waals surface area contributed by atoms with Crippen LogP contribution in [0.3, 0.4) is 0 Å². The summed E-state index contributed by atoms with van der Waals surface area (Å²) in [5.41, 5.74) is 7.72. The van der Waals surface area contributed by atoms with E-state index in [0.717, 1.165) is 66.5 Å². The van der Waals surface area contributed by atoms with E-state index in [2.05, 4.69) is 118 Å². The maximum atomic E-state index is 6.34. The summed E-state index contributed by atoms with van der Waals surface area (Å²) in [6, 6.07) is 47.7. The van der Waals surface area contributed by atoms with Crippen molar-refractivity contribution in [2.75, 3.05) is 7.11 Å². The number of fused-ring (bicyclic) bond motifs is 4. The molecule has 3 heterocycles. The predicted octanol–water partition coefficient (Wildman–Crippen LogP) is 10.4. The normalized spacial score (nSPS) is 11.2. The molecule has 0 fully saturated rings. The maximum absolute atomic E-state index is 6.34. The van der Waals surface area contributed by atoms with E-state index in [1.165, 1.54) is 9.96 Å². The van der Waals surface area contributed by atoms with Gasteiger partial charge in [0.25, 0.3) is 0 Å². The number of hydrogen-bond acceptors (Lipinski definition) is 4. The maximum Gasteiger partial charge on any atom is 0.121 e. The Morgan fingerprint density at radius 1 is 0.646 bits per heavy atom. The van der Waals surface area contributed by atoms with Gasteiger partial charge in [-0.3, -0.25) is 0 Å². The summed E-state index contributed by atoms with van der Waals surface area (Å²) in [5.74, 6) is 7.94. The number of rotatable bonds is 5. The molecule has 0 aliphatic rings. The number of aromatic nitrogens is 2. The standard InChI is InChI=1S/C27H16NO.C15H18GeNO.Ir/c1-2-7-18(8-3-1)20-13-14-22-23-11-6-12-24(27(23)29-26(22)16-20)25-15-19-9-4-5-10-21(19)17-28-25;1-16(2,3)13-8-9-15(17-11-13)12-6-5-7-14(10-12)18-4;/h1-11,13-17H;5,7-11H,1-4H3;/q2*-1;. The number of pyridine rings is 2. The van der Waals surface area contributed by atoms with Crippen LogP contribution in [-0.4, -0.2) is 30.3 Å². The van der Waals surface area contributed by atoms with E-state index in [1.54, 1.807) is 7.11 Å². The Hall–Kier alpha value is -4.55. The number of ether oxygens (including phenoxy) is 1. The SMILES string of the molecule is COc1cc[c-]c(-c2cc[c]([Ge]([CH3])([CH3])[CH3])cn2)c1.[Ir].[c-]1ccc2c(oc3cc(-c4ccccc4)ccc32)c1-c1cc2ccccc2cn1. The van der Waals surface area contributed by atoms with Crippen molar-refractivity contribution in [2.24, 2.45) is 0 Å². The Labute approximate surface area is 297 Å². The van der Waals surface area contributed by atoms with Crippen LogP contribution in [0, 0.1) is 12.1 Å². The van der Waals surface area contributed by atoms with Gasteiger partial charge in [0, 0.05) is 31.7 Å². The second-order valence-corrected chi connectivity index (χ2v) is 23.2. The molecule has 0 saturated heterocycles. The van der Waals surface area contributed by atoms with E-state index < -0.39 is 13.3 Å². The molecule has 0 spiro atoms. The molecule has 0 atom stereocenters. The zero-order chi connectivity index (χ0) is 32.4. The molecular weight excluding hydrogens is 829 g/mol. The molecule has 8 aromatic rings. The zero-order valence-electron chi connectivity index (χ0n) is 27.2. The number of nitrogens with zero attached hydrogens (tertiary/aromatic N) is 2. The molecule has 3 aromatic heterocycles. The minimum atomic E-state index is -1.76. The molecule has 239 valence electrons. The van der Waals surface area contributed by atoms with Crippen LogP contribution in [0.15, 0.2) is 138 Å². The van der Waals surface area contributed by atoms with Gasteiger partial charge in [0.05, 0.1) is 5.58 Å². The molecule has 5 aromatic carbocycles. The Bertz CT molecular complexity index is 2330. The van der Waals surface area contributed by atoms with E-state index in [-0.39, 0.29) is 20.1 Å². The summed E-state index contributed by atoms with van der Waals surface area (Å²) in [5, 5.41) is 4.48. The molecule has 0 bridgehead atoms. The van der Waals surface area contributed by atoms with Crippen molar-refractivity contribution in [3.8, 4) is 39.4 Å². The second kappa shape index (κ2) is 14.3. The van der Waals surface area contributed by atoms with Gasteiger partial charge in [-0.15, -0.1) is 18.2 Å². The number of benzene rings is 5. The molecule has 0 unspecified atom stereocenters. The summed E-state index contributed by atoms with van der Waals surface area (Å²) in [4.78, 5) is 9.22. The fraction of sp³-hybridized carbons (Fsp3) is 0.0952. The van der Waals surface area contributed by atoms with E-state index in [4.69, 9.17) is 9.15 Å². The molecule has 1 radical (unpaired) electrons. The van der Waals surface area contributed by atoms with Crippen LogP contribution in [-0.2, 0) is 20.1 Å². The predicted molar refractivity (Wildman–Crippen MR) is 197 cm³/mol. The van der Waals surface area contributed by atoms with E-state index >= 15 is 0 Å². The van der Waals surface area contributed by atoms with Crippen molar-refractivity contribution >= 4 is 50.4 Å². The van der Waals surface area contributed by atoms with E-state index in [9.17, 15) is 0 Å². The van der Waals surface area contributed by atoms with Crippen molar-refractivity contribution in [1.29, 1.82) is 0 Å². The average molecular weight is 864 g/mol. The topological polar surface area (TPSA) is 48.2 Å². The minimum Gasteiger partial charge on any atom is -0.501 e. The summed E-state index contributed by atoms with van der Waals surface area (Å²) in [6.45, 7) is 0. The van der Waals surface area contributed by atoms with Crippen molar-refractivity contribution in [3.05, 3.63) is 146 Å². The van der Waals surface area contributed by atoms with Crippen molar-refractivity contribution in [2.45, 2.75) is 17.3 Å². The molecular formula is C42H34GeIrN2O2-2. The molecule has 0 saturated carbocycles. The molecule has 6 heteroatoms. The molecule has 4 nitrogen and oxygen atoms in total. The third-order valence-electron chi connectivity index (χ3n) is 8.34. The second-order valence-electron chi connectivity index (χ2n) is 12.5. The van der Waals surface area contributed by atoms with Crippen LogP contribution in [0.2, 0.25) is 17.3 Å². The van der Waals surface area contributed by atoms with Gasteiger partial charge in [-0.25, -0.2) is 0 Å². The van der Waals surface area contributed by atoms with Crippen LogP contribution in [0.4, 0.5) is 0 Å². The fourth-order valence-corrected chi connectivity index (χ4v) is 7.85. The van der Waals surface area contributed by atoms with Gasteiger partial charge in [0.15, 0.2) is 0 Å². The summed E-state index contributed by atoms with van der Waals surface area (Å²) < 4.78 is 13.0. The zero-order valence-corrected chi connectivity index (χ0v) is 31.7. The third-order valence-corrected chi connectivity index (χ3v) is 12.6. The van der Waals surface area contributed by atoms with Crippen molar-refractivity contribution in [3.63, 3.8) is 0 Å². The van der Waals surface area contributed by atoms with Gasteiger partial charge >= 0.3 is 111 Å².